The van der Waals surface area contributed by atoms with E-state index in [0.29, 0.717) is 10.6 Å². The Morgan fingerprint density at radius 1 is 1.15 bits per heavy atom. The van der Waals surface area contributed by atoms with Gasteiger partial charge < -0.3 is 0 Å². The van der Waals surface area contributed by atoms with Gasteiger partial charge >= 0.3 is 0 Å². The highest BCUT2D eigenvalue weighted by Gasteiger charge is 2.22. The molecule has 3 N–H and O–H groups in total. The Morgan fingerprint density at radius 2 is 1.80 bits per heavy atom. The van der Waals surface area contributed by atoms with Crippen molar-refractivity contribution in [3.8, 4) is 0 Å². The number of rotatable bonds is 3. The lowest BCUT2D eigenvalue weighted by Gasteiger charge is -2.19. The van der Waals surface area contributed by atoms with Crippen LogP contribution < -0.4 is 11.3 Å². The molecule has 106 valence electrons. The number of hydrazine groups is 1. The van der Waals surface area contributed by atoms with Crippen LogP contribution in [-0.2, 0) is 0 Å². The van der Waals surface area contributed by atoms with Crippen molar-refractivity contribution in [1.29, 1.82) is 0 Å². The van der Waals surface area contributed by atoms with Crippen molar-refractivity contribution in [2.24, 2.45) is 5.84 Å². The van der Waals surface area contributed by atoms with Crippen LogP contribution in [0, 0.1) is 18.6 Å². The third-order valence-electron chi connectivity index (χ3n) is 3.06. The van der Waals surface area contributed by atoms with E-state index in [0.717, 1.165) is 4.47 Å². The number of benzene rings is 2. The van der Waals surface area contributed by atoms with Gasteiger partial charge in [0, 0.05) is 15.1 Å². The van der Waals surface area contributed by atoms with Gasteiger partial charge in [-0.1, -0.05) is 45.7 Å². The molecular weight excluding hydrogens is 350 g/mol. The Bertz CT molecular complexity index is 649. The predicted octanol–water partition coefficient (Wildman–Crippen LogP) is 4.24. The molecule has 0 aliphatic carbocycles. The van der Waals surface area contributed by atoms with Crippen LogP contribution in [0.5, 0.6) is 0 Å². The average Bonchev–Trinajstić information content (AvgIpc) is 2.41. The van der Waals surface area contributed by atoms with E-state index in [1.807, 2.05) is 0 Å². The van der Waals surface area contributed by atoms with Crippen LogP contribution in [0.4, 0.5) is 8.78 Å². The van der Waals surface area contributed by atoms with Crippen molar-refractivity contribution < 1.29 is 8.78 Å². The molecule has 0 aliphatic rings. The minimum atomic E-state index is -0.924. The van der Waals surface area contributed by atoms with E-state index in [1.54, 1.807) is 18.2 Å². The van der Waals surface area contributed by atoms with Gasteiger partial charge in [0.15, 0.2) is 11.6 Å². The summed E-state index contributed by atoms with van der Waals surface area (Å²) in [6.07, 6.45) is 0. The summed E-state index contributed by atoms with van der Waals surface area (Å²) in [5.74, 6) is 3.69. The van der Waals surface area contributed by atoms with E-state index in [1.165, 1.54) is 19.1 Å². The minimum absolute atomic E-state index is 0.111. The van der Waals surface area contributed by atoms with Crippen LogP contribution >= 0.6 is 27.5 Å². The van der Waals surface area contributed by atoms with E-state index >= 15 is 0 Å². The molecule has 2 aromatic carbocycles. The fraction of sp³-hybridized carbons (Fsp3) is 0.143. The van der Waals surface area contributed by atoms with Gasteiger partial charge in [-0.25, -0.2) is 14.2 Å². The third-order valence-corrected chi connectivity index (χ3v) is 3.88. The van der Waals surface area contributed by atoms with Gasteiger partial charge in [0.25, 0.3) is 0 Å². The lowest BCUT2D eigenvalue weighted by atomic mass is 9.97. The zero-order valence-corrected chi connectivity index (χ0v) is 12.9. The molecule has 0 fully saturated rings. The molecular formula is C14H12BrClF2N2. The quantitative estimate of drug-likeness (QED) is 0.634. The molecule has 1 atom stereocenters. The van der Waals surface area contributed by atoms with Crippen LogP contribution in [0.3, 0.4) is 0 Å². The highest BCUT2D eigenvalue weighted by atomic mass is 79.9. The standard InChI is InChI=1S/C14H12BrClF2N2/c1-7-2-4-10(13(18)12(7)17)14(20-19)9-5-3-8(15)6-11(9)16/h2-6,14,20H,19H2,1H3. The maximum absolute atomic E-state index is 14.1. The monoisotopic (exact) mass is 360 g/mol. The highest BCUT2D eigenvalue weighted by Crippen LogP contribution is 2.32. The van der Waals surface area contributed by atoms with Crippen LogP contribution in [0.1, 0.15) is 22.7 Å². The van der Waals surface area contributed by atoms with Gasteiger partial charge in [-0.15, -0.1) is 0 Å². The van der Waals surface area contributed by atoms with E-state index in [4.69, 9.17) is 17.4 Å². The second kappa shape index (κ2) is 6.18. The Morgan fingerprint density at radius 3 is 2.40 bits per heavy atom. The number of nitrogens with two attached hydrogens (primary N) is 1. The van der Waals surface area contributed by atoms with Gasteiger partial charge in [-0.3, -0.25) is 5.84 Å². The first-order valence-corrected chi connectivity index (χ1v) is 6.98. The predicted molar refractivity (Wildman–Crippen MR) is 79.4 cm³/mol. The number of aryl methyl sites for hydroxylation is 1. The molecule has 2 nitrogen and oxygen atoms in total. The minimum Gasteiger partial charge on any atom is -0.271 e. The van der Waals surface area contributed by atoms with Gasteiger partial charge in [-0.05, 0) is 30.2 Å². The first-order valence-electron chi connectivity index (χ1n) is 5.81. The van der Waals surface area contributed by atoms with Crippen LogP contribution in [0.25, 0.3) is 0 Å². The lowest BCUT2D eigenvalue weighted by Crippen LogP contribution is -2.30. The summed E-state index contributed by atoms with van der Waals surface area (Å²) in [5.41, 5.74) is 3.40. The lowest BCUT2D eigenvalue weighted by molar-refractivity contribution is 0.478. The second-order valence-electron chi connectivity index (χ2n) is 4.37. The number of halogens is 4. The number of nitrogens with one attached hydrogen (secondary N) is 1. The van der Waals surface area contributed by atoms with Crippen LogP contribution in [0.2, 0.25) is 5.02 Å². The van der Waals surface area contributed by atoms with Crippen molar-refractivity contribution in [2.45, 2.75) is 13.0 Å². The third kappa shape index (κ3) is 2.86. The molecule has 0 bridgehead atoms. The van der Waals surface area contributed by atoms with E-state index in [-0.39, 0.29) is 11.1 Å². The number of hydrogen-bond donors (Lipinski definition) is 2. The molecule has 1 unspecified atom stereocenters. The molecule has 2 aromatic rings. The molecule has 20 heavy (non-hydrogen) atoms. The molecule has 0 radical (unpaired) electrons. The molecule has 0 saturated heterocycles. The van der Waals surface area contributed by atoms with Crippen molar-refractivity contribution in [3.05, 3.63) is 68.2 Å². The maximum atomic E-state index is 14.1. The molecule has 0 saturated carbocycles. The summed E-state index contributed by atoms with van der Waals surface area (Å²) in [6, 6.07) is 7.40. The van der Waals surface area contributed by atoms with Crippen LogP contribution in [0.15, 0.2) is 34.8 Å². The maximum Gasteiger partial charge on any atom is 0.164 e. The van der Waals surface area contributed by atoms with Gasteiger partial charge in [0.05, 0.1) is 6.04 Å². The zero-order valence-electron chi connectivity index (χ0n) is 10.6. The molecule has 6 heteroatoms. The topological polar surface area (TPSA) is 38.0 Å². The van der Waals surface area contributed by atoms with E-state index < -0.39 is 17.7 Å². The Kier molecular flexibility index (Phi) is 4.75. The molecule has 0 amide bonds. The average molecular weight is 362 g/mol. The smallest absolute Gasteiger partial charge is 0.164 e. The molecule has 0 heterocycles. The fourth-order valence-electron chi connectivity index (χ4n) is 1.97. The summed E-state index contributed by atoms with van der Waals surface area (Å²) >= 11 is 9.42. The highest BCUT2D eigenvalue weighted by molar-refractivity contribution is 9.10. The van der Waals surface area contributed by atoms with E-state index in [9.17, 15) is 8.78 Å². The van der Waals surface area contributed by atoms with Crippen molar-refractivity contribution in [1.82, 2.24) is 5.43 Å². The SMILES string of the molecule is Cc1ccc(C(NN)c2ccc(Br)cc2Cl)c(F)c1F. The summed E-state index contributed by atoms with van der Waals surface area (Å²) in [7, 11) is 0. The van der Waals surface area contributed by atoms with Crippen LogP contribution in [-0.4, -0.2) is 0 Å². The first-order chi connectivity index (χ1) is 9.45. The summed E-state index contributed by atoms with van der Waals surface area (Å²) in [4.78, 5) is 0. The summed E-state index contributed by atoms with van der Waals surface area (Å²) in [6.45, 7) is 1.50. The van der Waals surface area contributed by atoms with Crippen molar-refractivity contribution in [3.63, 3.8) is 0 Å². The van der Waals surface area contributed by atoms with Gasteiger partial charge in [0.2, 0.25) is 0 Å². The summed E-state index contributed by atoms with van der Waals surface area (Å²) < 4.78 is 28.5. The van der Waals surface area contributed by atoms with Crippen molar-refractivity contribution in [2.75, 3.05) is 0 Å². The molecule has 0 spiro atoms. The first kappa shape index (κ1) is 15.4. The normalized spacial score (nSPS) is 12.5. The summed E-state index contributed by atoms with van der Waals surface area (Å²) in [5, 5.41) is 0.405. The Hall–Kier alpha value is -1.01. The molecule has 0 aliphatic heterocycles. The molecule has 0 aromatic heterocycles. The Labute approximate surface area is 129 Å². The second-order valence-corrected chi connectivity index (χ2v) is 5.69. The van der Waals surface area contributed by atoms with E-state index in [2.05, 4.69) is 21.4 Å². The van der Waals surface area contributed by atoms with Gasteiger partial charge in [-0.2, -0.15) is 0 Å². The van der Waals surface area contributed by atoms with Crippen molar-refractivity contribution >= 4 is 27.5 Å². The fourth-order valence-corrected chi connectivity index (χ4v) is 2.75. The largest absolute Gasteiger partial charge is 0.271 e. The Balaban J connectivity index is 2.55. The number of hydrogen-bond acceptors (Lipinski definition) is 2. The zero-order chi connectivity index (χ0) is 14.9. The molecule has 2 rings (SSSR count). The van der Waals surface area contributed by atoms with Gasteiger partial charge in [0.1, 0.15) is 0 Å².